The number of halogens is 3. The Morgan fingerprint density at radius 3 is 2.29 bits per heavy atom. The number of hydrogen-bond donors (Lipinski definition) is 1. The second-order valence-corrected chi connectivity index (χ2v) is 4.41. The zero-order valence-electron chi connectivity index (χ0n) is 10.0. The summed E-state index contributed by atoms with van der Waals surface area (Å²) in [5.41, 5.74) is 5.49. The molecule has 0 aromatic carbocycles. The van der Waals surface area contributed by atoms with Crippen LogP contribution in [0.5, 0.6) is 0 Å². The molecule has 2 N–H and O–H groups in total. The van der Waals surface area contributed by atoms with Gasteiger partial charge >= 0.3 is 6.36 Å². The third kappa shape index (κ3) is 6.24. The van der Waals surface area contributed by atoms with Gasteiger partial charge in [-0.25, -0.2) is 0 Å². The minimum atomic E-state index is -4.53. The topological polar surface area (TPSA) is 38.5 Å². The smallest absolute Gasteiger partial charge is 0.329 e. The van der Waals surface area contributed by atoms with Gasteiger partial charge in [-0.2, -0.15) is 0 Å². The predicted molar refractivity (Wildman–Crippen MR) is 59.5 cm³/mol. The molecule has 1 rings (SSSR count). The van der Waals surface area contributed by atoms with E-state index in [1.807, 2.05) is 4.90 Å². The van der Waals surface area contributed by atoms with Crippen molar-refractivity contribution in [3.63, 3.8) is 0 Å². The molecule has 0 aromatic rings. The zero-order valence-corrected chi connectivity index (χ0v) is 10.0. The van der Waals surface area contributed by atoms with E-state index in [9.17, 15) is 13.2 Å². The molecule has 6 heteroatoms. The minimum absolute atomic E-state index is 0.306. The fraction of sp³-hybridized carbons (Fsp3) is 1.00. The van der Waals surface area contributed by atoms with Gasteiger partial charge in [0.05, 0.1) is 6.61 Å². The van der Waals surface area contributed by atoms with Gasteiger partial charge in [0.15, 0.2) is 0 Å². The van der Waals surface area contributed by atoms with E-state index in [0.29, 0.717) is 25.7 Å². The molecule has 0 radical (unpaired) electrons. The molecule has 102 valence electrons. The van der Waals surface area contributed by atoms with Crippen LogP contribution in [0.2, 0.25) is 0 Å². The molecule has 1 aliphatic rings. The molecule has 3 nitrogen and oxygen atoms in total. The summed E-state index contributed by atoms with van der Waals surface area (Å²) in [5, 5.41) is 0. The molecule has 1 saturated carbocycles. The Balaban J connectivity index is 2.31. The standard InChI is InChI=1S/C11H21F3N2O/c12-11(13,14)17-9-8-16(7-6-15)10-4-2-1-3-5-10/h10H,1-9,15H2. The summed E-state index contributed by atoms with van der Waals surface area (Å²) in [6, 6.07) is 0.379. The Morgan fingerprint density at radius 2 is 1.76 bits per heavy atom. The van der Waals surface area contributed by atoms with Crippen molar-refractivity contribution in [1.82, 2.24) is 4.90 Å². The van der Waals surface area contributed by atoms with Crippen molar-refractivity contribution < 1.29 is 17.9 Å². The van der Waals surface area contributed by atoms with Crippen LogP contribution in [-0.4, -0.2) is 43.5 Å². The monoisotopic (exact) mass is 254 g/mol. The highest BCUT2D eigenvalue weighted by atomic mass is 19.4. The van der Waals surface area contributed by atoms with E-state index in [1.54, 1.807) is 0 Å². The lowest BCUT2D eigenvalue weighted by Crippen LogP contribution is -2.42. The molecule has 0 saturated heterocycles. The van der Waals surface area contributed by atoms with Gasteiger partial charge in [-0.15, -0.1) is 13.2 Å². The first-order chi connectivity index (χ1) is 8.03. The van der Waals surface area contributed by atoms with Gasteiger partial charge in [0.25, 0.3) is 0 Å². The summed E-state index contributed by atoms with van der Waals surface area (Å²) in [7, 11) is 0. The summed E-state index contributed by atoms with van der Waals surface area (Å²) in [6.07, 6.45) is 1.14. The van der Waals surface area contributed by atoms with Crippen LogP contribution in [0.3, 0.4) is 0 Å². The molecule has 17 heavy (non-hydrogen) atoms. The molecule has 0 amide bonds. The van der Waals surface area contributed by atoms with Gasteiger partial charge < -0.3 is 5.73 Å². The van der Waals surface area contributed by atoms with E-state index >= 15 is 0 Å². The van der Waals surface area contributed by atoms with E-state index < -0.39 is 6.36 Å². The number of hydrogen-bond acceptors (Lipinski definition) is 3. The van der Waals surface area contributed by atoms with E-state index in [4.69, 9.17) is 5.73 Å². The summed E-state index contributed by atoms with van der Waals surface area (Å²) in [4.78, 5) is 2.03. The van der Waals surface area contributed by atoms with Gasteiger partial charge in [0.1, 0.15) is 0 Å². The van der Waals surface area contributed by atoms with Crippen molar-refractivity contribution >= 4 is 0 Å². The SMILES string of the molecule is NCCN(CCOC(F)(F)F)C1CCCCC1. The lowest BCUT2D eigenvalue weighted by molar-refractivity contribution is -0.325. The molecular weight excluding hydrogens is 233 g/mol. The Morgan fingerprint density at radius 1 is 1.12 bits per heavy atom. The third-order valence-corrected chi connectivity index (χ3v) is 3.15. The average molecular weight is 254 g/mol. The quantitative estimate of drug-likeness (QED) is 0.789. The van der Waals surface area contributed by atoms with Crippen molar-refractivity contribution in [3.05, 3.63) is 0 Å². The molecule has 0 spiro atoms. The second-order valence-electron chi connectivity index (χ2n) is 4.41. The lowest BCUT2D eigenvalue weighted by atomic mass is 9.94. The van der Waals surface area contributed by atoms with Crippen molar-refractivity contribution in [2.45, 2.75) is 44.5 Å². The maximum atomic E-state index is 11.9. The molecular formula is C11H21F3N2O. The van der Waals surface area contributed by atoms with Crippen molar-refractivity contribution in [2.24, 2.45) is 5.73 Å². The normalized spacial score (nSPS) is 18.9. The number of nitrogens with zero attached hydrogens (tertiary/aromatic N) is 1. The molecule has 1 fully saturated rings. The van der Waals surface area contributed by atoms with E-state index in [2.05, 4.69) is 4.74 Å². The summed E-state index contributed by atoms with van der Waals surface area (Å²) >= 11 is 0. The van der Waals surface area contributed by atoms with Crippen LogP contribution < -0.4 is 5.73 Å². The number of rotatable bonds is 6. The van der Waals surface area contributed by atoms with Crippen LogP contribution in [0.1, 0.15) is 32.1 Å². The van der Waals surface area contributed by atoms with Gasteiger partial charge in [-0.1, -0.05) is 19.3 Å². The van der Waals surface area contributed by atoms with E-state index in [0.717, 1.165) is 25.7 Å². The predicted octanol–water partition coefficient (Wildman–Crippen LogP) is 2.12. The highest BCUT2D eigenvalue weighted by Gasteiger charge is 2.29. The van der Waals surface area contributed by atoms with Gasteiger partial charge in [-0.05, 0) is 12.8 Å². The first kappa shape index (κ1) is 14.7. The maximum absolute atomic E-state index is 11.9. The van der Waals surface area contributed by atoms with Crippen LogP contribution >= 0.6 is 0 Å². The summed E-state index contributed by atoms with van der Waals surface area (Å²) < 4.78 is 39.4. The Hall–Kier alpha value is -0.330. The molecule has 1 aliphatic carbocycles. The first-order valence-corrected chi connectivity index (χ1v) is 6.18. The van der Waals surface area contributed by atoms with Gasteiger partial charge in [0, 0.05) is 25.7 Å². The second kappa shape index (κ2) is 7.18. The molecule has 0 aliphatic heterocycles. The first-order valence-electron chi connectivity index (χ1n) is 6.18. The summed E-state index contributed by atoms with van der Waals surface area (Å²) in [5.74, 6) is 0. The van der Waals surface area contributed by atoms with Crippen molar-refractivity contribution in [3.8, 4) is 0 Å². The van der Waals surface area contributed by atoms with E-state index in [1.165, 1.54) is 6.42 Å². The van der Waals surface area contributed by atoms with Gasteiger partial charge in [0.2, 0.25) is 0 Å². The lowest BCUT2D eigenvalue weighted by Gasteiger charge is -2.34. The highest BCUT2D eigenvalue weighted by Crippen LogP contribution is 2.22. The fourth-order valence-corrected chi connectivity index (χ4v) is 2.37. The molecule has 0 heterocycles. The minimum Gasteiger partial charge on any atom is -0.329 e. The van der Waals surface area contributed by atoms with Crippen LogP contribution in [0.25, 0.3) is 0 Å². The fourth-order valence-electron chi connectivity index (χ4n) is 2.37. The average Bonchev–Trinajstić information content (AvgIpc) is 2.27. The van der Waals surface area contributed by atoms with Crippen LogP contribution in [0, 0.1) is 0 Å². The Kier molecular flexibility index (Phi) is 6.22. The number of ether oxygens (including phenoxy) is 1. The van der Waals surface area contributed by atoms with Crippen LogP contribution in [0.4, 0.5) is 13.2 Å². The largest absolute Gasteiger partial charge is 0.522 e. The number of nitrogens with two attached hydrogens (primary N) is 1. The molecule has 0 aromatic heterocycles. The highest BCUT2D eigenvalue weighted by molar-refractivity contribution is 4.76. The molecule has 0 atom stereocenters. The van der Waals surface area contributed by atoms with Crippen LogP contribution in [-0.2, 0) is 4.74 Å². The van der Waals surface area contributed by atoms with Crippen LogP contribution in [0.15, 0.2) is 0 Å². The van der Waals surface area contributed by atoms with Gasteiger partial charge in [-0.3, -0.25) is 9.64 Å². The van der Waals surface area contributed by atoms with Crippen molar-refractivity contribution in [2.75, 3.05) is 26.2 Å². The zero-order chi connectivity index (χ0) is 12.7. The molecule has 0 bridgehead atoms. The van der Waals surface area contributed by atoms with Crippen molar-refractivity contribution in [1.29, 1.82) is 0 Å². The molecule has 0 unspecified atom stereocenters. The number of alkyl halides is 3. The Bertz CT molecular complexity index is 205. The Labute approximate surface area is 100 Å². The third-order valence-electron chi connectivity index (χ3n) is 3.15. The maximum Gasteiger partial charge on any atom is 0.522 e. The van der Waals surface area contributed by atoms with E-state index in [-0.39, 0.29) is 6.61 Å². The summed E-state index contributed by atoms with van der Waals surface area (Å²) in [6.45, 7) is 1.12.